The van der Waals surface area contributed by atoms with Gasteiger partial charge >= 0.3 is 5.97 Å². The van der Waals surface area contributed by atoms with Gasteiger partial charge in [-0.2, -0.15) is 10.5 Å². The molecule has 1 aromatic carbocycles. The van der Waals surface area contributed by atoms with Gasteiger partial charge in [0.2, 0.25) is 0 Å². The Kier molecular flexibility index (Phi) is 5.05. The molecule has 0 aliphatic heterocycles. The van der Waals surface area contributed by atoms with Crippen LogP contribution in [0.1, 0.15) is 87.3 Å². The highest BCUT2D eigenvalue weighted by molar-refractivity contribution is 5.77. The number of carboxylic acids is 1. The van der Waals surface area contributed by atoms with Crippen LogP contribution in [0.15, 0.2) is 18.2 Å². The maximum Gasteiger partial charge on any atom is 0.310 e. The number of unbranched alkanes of at least 4 members (excludes halogenated alkanes) is 2. The molecule has 136 valence electrons. The quantitative estimate of drug-likeness (QED) is 0.721. The lowest BCUT2D eigenvalue weighted by Crippen LogP contribution is -2.51. The van der Waals surface area contributed by atoms with Crippen molar-refractivity contribution in [2.45, 2.75) is 70.6 Å². The molecular formula is C22H26N2O2. The second kappa shape index (κ2) is 7.12. The van der Waals surface area contributed by atoms with Gasteiger partial charge in [-0.25, -0.2) is 0 Å². The van der Waals surface area contributed by atoms with Gasteiger partial charge in [-0.3, -0.25) is 4.79 Å². The molecule has 26 heavy (non-hydrogen) atoms. The molecule has 4 nitrogen and oxygen atoms in total. The van der Waals surface area contributed by atoms with Crippen LogP contribution in [-0.2, 0) is 4.79 Å². The minimum Gasteiger partial charge on any atom is -0.481 e. The number of hydrogen-bond acceptors (Lipinski definition) is 3. The molecule has 4 heteroatoms. The Balaban J connectivity index is 2.00. The molecule has 3 saturated carbocycles. The van der Waals surface area contributed by atoms with Gasteiger partial charge in [-0.05, 0) is 61.6 Å². The Morgan fingerprint density at radius 3 is 2.50 bits per heavy atom. The molecule has 1 atom stereocenters. The normalized spacial score (nSPS) is 29.7. The van der Waals surface area contributed by atoms with Gasteiger partial charge in [-0.15, -0.1) is 0 Å². The van der Waals surface area contributed by atoms with Gasteiger partial charge in [0.15, 0.2) is 0 Å². The van der Waals surface area contributed by atoms with Crippen molar-refractivity contribution in [1.29, 1.82) is 10.5 Å². The average Bonchev–Trinajstić information content (AvgIpc) is 2.68. The van der Waals surface area contributed by atoms with Gasteiger partial charge in [0.05, 0.1) is 28.7 Å². The summed E-state index contributed by atoms with van der Waals surface area (Å²) >= 11 is 0. The van der Waals surface area contributed by atoms with E-state index in [1.165, 1.54) is 19.3 Å². The van der Waals surface area contributed by atoms with Crippen LogP contribution in [0.4, 0.5) is 0 Å². The highest BCUT2D eigenvalue weighted by Crippen LogP contribution is 2.65. The fourth-order valence-corrected chi connectivity index (χ4v) is 5.31. The van der Waals surface area contributed by atoms with Crippen LogP contribution in [0.5, 0.6) is 0 Å². The van der Waals surface area contributed by atoms with Crippen LogP contribution < -0.4 is 0 Å². The van der Waals surface area contributed by atoms with Crippen LogP contribution in [0.2, 0.25) is 0 Å². The lowest BCUT2D eigenvalue weighted by atomic mass is 9.47. The fourth-order valence-electron chi connectivity index (χ4n) is 5.31. The van der Waals surface area contributed by atoms with E-state index in [0.717, 1.165) is 31.2 Å². The molecule has 0 aromatic heterocycles. The van der Waals surface area contributed by atoms with Crippen LogP contribution >= 0.6 is 0 Å². The van der Waals surface area contributed by atoms with Crippen molar-refractivity contribution in [2.24, 2.45) is 10.8 Å². The predicted molar refractivity (Wildman–Crippen MR) is 98.3 cm³/mol. The van der Waals surface area contributed by atoms with E-state index in [1.807, 2.05) is 6.07 Å². The van der Waals surface area contributed by atoms with E-state index in [0.29, 0.717) is 24.0 Å². The Labute approximate surface area is 155 Å². The summed E-state index contributed by atoms with van der Waals surface area (Å²) in [6.07, 6.45) is 8.98. The second-order valence-electron chi connectivity index (χ2n) is 8.20. The standard InChI is InChI=1S/C22H26N2O2/c1-2-3-4-7-21-8-10-22(11-9-21,20(25)26)19(13-21)18-6-5-16(14-23)12-17(18)15-24/h5-6,12,19H,2-4,7-11,13H2,1H3,(H,25,26). The number of carbonyl (C=O) groups is 1. The first-order chi connectivity index (χ1) is 12.5. The summed E-state index contributed by atoms with van der Waals surface area (Å²) in [5, 5.41) is 28.8. The molecule has 0 spiro atoms. The zero-order valence-electron chi connectivity index (χ0n) is 15.4. The van der Waals surface area contributed by atoms with Gasteiger partial charge in [0.25, 0.3) is 0 Å². The van der Waals surface area contributed by atoms with Crippen LogP contribution in [0, 0.1) is 33.5 Å². The molecule has 3 aliphatic carbocycles. The first-order valence-corrected chi connectivity index (χ1v) is 9.68. The number of fused-ring (bicyclic) bond motifs is 3. The molecule has 0 heterocycles. The number of carboxylic acid groups (broad SMARTS) is 1. The Morgan fingerprint density at radius 2 is 1.92 bits per heavy atom. The minimum atomic E-state index is -0.758. The molecule has 4 rings (SSSR count). The molecule has 0 saturated heterocycles. The summed E-state index contributed by atoms with van der Waals surface area (Å²) in [5.41, 5.74) is 1.21. The lowest BCUT2D eigenvalue weighted by molar-refractivity contribution is -0.162. The van der Waals surface area contributed by atoms with E-state index in [2.05, 4.69) is 19.1 Å². The maximum atomic E-state index is 12.3. The SMILES string of the molecule is CCCCCC12CCC(C(=O)O)(CC1)C(c1ccc(C#N)cc1C#N)C2. The molecule has 2 bridgehead atoms. The Morgan fingerprint density at radius 1 is 1.19 bits per heavy atom. The molecule has 0 radical (unpaired) electrons. The molecule has 0 amide bonds. The van der Waals surface area contributed by atoms with E-state index in [4.69, 9.17) is 5.26 Å². The molecule has 1 unspecified atom stereocenters. The maximum absolute atomic E-state index is 12.3. The summed E-state index contributed by atoms with van der Waals surface area (Å²) in [7, 11) is 0. The third-order valence-corrected chi connectivity index (χ3v) is 6.92. The first-order valence-electron chi connectivity index (χ1n) is 9.68. The Hall–Kier alpha value is -2.33. The van der Waals surface area contributed by atoms with E-state index < -0.39 is 11.4 Å². The molecule has 3 fully saturated rings. The van der Waals surface area contributed by atoms with Crippen molar-refractivity contribution in [1.82, 2.24) is 0 Å². The average molecular weight is 350 g/mol. The molecular weight excluding hydrogens is 324 g/mol. The van der Waals surface area contributed by atoms with Gasteiger partial charge in [-0.1, -0.05) is 32.3 Å². The third-order valence-electron chi connectivity index (χ3n) is 6.92. The number of nitrogens with zero attached hydrogens (tertiary/aromatic N) is 2. The monoisotopic (exact) mass is 350 g/mol. The van der Waals surface area contributed by atoms with Crippen molar-refractivity contribution < 1.29 is 9.90 Å². The Bertz CT molecular complexity index is 776. The van der Waals surface area contributed by atoms with E-state index in [1.54, 1.807) is 12.1 Å². The topological polar surface area (TPSA) is 84.9 Å². The van der Waals surface area contributed by atoms with Crippen molar-refractivity contribution in [2.75, 3.05) is 0 Å². The fraction of sp³-hybridized carbons (Fsp3) is 0.591. The largest absolute Gasteiger partial charge is 0.481 e. The predicted octanol–water partition coefficient (Wildman–Crippen LogP) is 5.13. The van der Waals surface area contributed by atoms with Crippen molar-refractivity contribution >= 4 is 5.97 Å². The summed E-state index contributed by atoms with van der Waals surface area (Å²) in [6, 6.07) is 9.43. The van der Waals surface area contributed by atoms with Crippen LogP contribution in [0.25, 0.3) is 0 Å². The van der Waals surface area contributed by atoms with Gasteiger partial charge in [0, 0.05) is 5.92 Å². The van der Waals surface area contributed by atoms with Crippen molar-refractivity contribution in [3.05, 3.63) is 34.9 Å². The van der Waals surface area contributed by atoms with Crippen LogP contribution in [-0.4, -0.2) is 11.1 Å². The third kappa shape index (κ3) is 2.99. The van der Waals surface area contributed by atoms with Crippen molar-refractivity contribution in [3.8, 4) is 12.1 Å². The number of hydrogen-bond donors (Lipinski definition) is 1. The number of aliphatic carboxylic acids is 1. The number of benzene rings is 1. The summed E-state index contributed by atoms with van der Waals surface area (Å²) < 4.78 is 0. The zero-order chi connectivity index (χ0) is 18.8. The minimum absolute atomic E-state index is 0.133. The number of nitriles is 2. The van der Waals surface area contributed by atoms with E-state index >= 15 is 0 Å². The molecule has 1 N–H and O–H groups in total. The highest BCUT2D eigenvalue weighted by Gasteiger charge is 2.58. The van der Waals surface area contributed by atoms with Crippen LogP contribution in [0.3, 0.4) is 0 Å². The van der Waals surface area contributed by atoms with Gasteiger partial charge in [0.1, 0.15) is 0 Å². The molecule has 3 aliphatic rings. The van der Waals surface area contributed by atoms with E-state index in [-0.39, 0.29) is 11.3 Å². The summed E-state index contributed by atoms with van der Waals surface area (Å²) in [6.45, 7) is 2.20. The highest BCUT2D eigenvalue weighted by atomic mass is 16.4. The number of rotatable bonds is 6. The summed E-state index contributed by atoms with van der Waals surface area (Å²) in [5.74, 6) is -0.857. The van der Waals surface area contributed by atoms with Gasteiger partial charge < -0.3 is 5.11 Å². The second-order valence-corrected chi connectivity index (χ2v) is 8.20. The van der Waals surface area contributed by atoms with E-state index in [9.17, 15) is 15.2 Å². The first kappa shape index (κ1) is 18.5. The zero-order valence-corrected chi connectivity index (χ0v) is 15.4. The lowest BCUT2D eigenvalue weighted by Gasteiger charge is -2.56. The van der Waals surface area contributed by atoms with Crippen molar-refractivity contribution in [3.63, 3.8) is 0 Å². The smallest absolute Gasteiger partial charge is 0.310 e. The summed E-state index contributed by atoms with van der Waals surface area (Å²) in [4.78, 5) is 12.3. The molecule has 1 aromatic rings.